The minimum absolute atomic E-state index is 0.0809. The molecule has 0 unspecified atom stereocenters. The number of amides is 1. The maximum absolute atomic E-state index is 12.6. The van der Waals surface area contributed by atoms with Crippen molar-refractivity contribution in [3.63, 3.8) is 0 Å². The zero-order valence-electron chi connectivity index (χ0n) is 16.5. The van der Waals surface area contributed by atoms with Crippen LogP contribution in [0.1, 0.15) is 22.8 Å². The summed E-state index contributed by atoms with van der Waals surface area (Å²) in [6, 6.07) is 17.9. The number of sulfonamides is 1. The molecule has 0 aliphatic heterocycles. The minimum atomic E-state index is -3.81. The molecule has 0 saturated heterocycles. The second-order valence-corrected chi connectivity index (χ2v) is 8.53. The number of methoxy groups -OCH3 is 1. The third-order valence-corrected chi connectivity index (χ3v) is 6.19. The third-order valence-electron chi connectivity index (χ3n) is 4.48. The zero-order valence-corrected chi connectivity index (χ0v) is 18.0. The average molecular weight is 445 g/mol. The lowest BCUT2D eigenvalue weighted by Gasteiger charge is -2.12. The van der Waals surface area contributed by atoms with Crippen molar-refractivity contribution < 1.29 is 17.9 Å². The van der Waals surface area contributed by atoms with Crippen LogP contribution >= 0.6 is 11.6 Å². The maximum Gasteiger partial charge on any atom is 0.261 e. The van der Waals surface area contributed by atoms with Gasteiger partial charge in [-0.25, -0.2) is 8.42 Å². The number of aryl methyl sites for hydroxylation is 1. The number of para-hydroxylation sites is 1. The molecular formula is C22H21ClN2O4S. The van der Waals surface area contributed by atoms with Gasteiger partial charge in [0.1, 0.15) is 5.75 Å². The van der Waals surface area contributed by atoms with Gasteiger partial charge in [0.05, 0.1) is 28.3 Å². The number of carbonyl (C=O) groups excluding carboxylic acids is 1. The number of rotatable bonds is 7. The largest absolute Gasteiger partial charge is 0.497 e. The highest BCUT2D eigenvalue weighted by Gasteiger charge is 2.17. The molecule has 2 N–H and O–H groups in total. The van der Waals surface area contributed by atoms with Gasteiger partial charge in [0.2, 0.25) is 0 Å². The number of halogens is 1. The molecule has 30 heavy (non-hydrogen) atoms. The summed E-state index contributed by atoms with van der Waals surface area (Å²) in [6.45, 7) is 2.00. The van der Waals surface area contributed by atoms with Crippen LogP contribution in [0.3, 0.4) is 0 Å². The first-order chi connectivity index (χ1) is 14.3. The normalized spacial score (nSPS) is 11.0. The van der Waals surface area contributed by atoms with Gasteiger partial charge in [-0.3, -0.25) is 9.52 Å². The second kappa shape index (κ2) is 9.19. The molecule has 0 fully saturated rings. The molecule has 0 saturated carbocycles. The molecule has 0 aliphatic rings. The Morgan fingerprint density at radius 2 is 1.73 bits per heavy atom. The quantitative estimate of drug-likeness (QED) is 0.539. The van der Waals surface area contributed by atoms with Gasteiger partial charge in [-0.2, -0.15) is 0 Å². The van der Waals surface area contributed by atoms with Gasteiger partial charge in [-0.05, 0) is 60.5 Å². The van der Waals surface area contributed by atoms with E-state index in [-0.39, 0.29) is 27.1 Å². The molecule has 6 nitrogen and oxygen atoms in total. The first-order valence-corrected chi connectivity index (χ1v) is 11.1. The van der Waals surface area contributed by atoms with Crippen molar-refractivity contribution >= 4 is 38.9 Å². The van der Waals surface area contributed by atoms with E-state index in [1.807, 2.05) is 31.2 Å². The van der Waals surface area contributed by atoms with Gasteiger partial charge in [0, 0.05) is 5.69 Å². The van der Waals surface area contributed by atoms with Crippen molar-refractivity contribution in [2.24, 2.45) is 0 Å². The van der Waals surface area contributed by atoms with Crippen LogP contribution in [0.25, 0.3) is 0 Å². The molecule has 3 rings (SSSR count). The highest BCUT2D eigenvalue weighted by molar-refractivity contribution is 7.92. The lowest BCUT2D eigenvalue weighted by atomic mass is 10.1. The molecule has 8 heteroatoms. The average Bonchev–Trinajstić information content (AvgIpc) is 2.74. The number of anilines is 2. The summed E-state index contributed by atoms with van der Waals surface area (Å²) >= 11 is 6.27. The van der Waals surface area contributed by atoms with E-state index in [2.05, 4.69) is 10.0 Å². The Bertz CT molecular complexity index is 1160. The Labute approximate surface area is 180 Å². The molecule has 0 bridgehead atoms. The summed E-state index contributed by atoms with van der Waals surface area (Å²) in [5.74, 6) is 0.183. The van der Waals surface area contributed by atoms with Crippen LogP contribution in [-0.2, 0) is 16.4 Å². The molecule has 0 atom stereocenters. The van der Waals surface area contributed by atoms with E-state index in [0.29, 0.717) is 11.4 Å². The van der Waals surface area contributed by atoms with E-state index in [1.165, 1.54) is 37.4 Å². The minimum Gasteiger partial charge on any atom is -0.497 e. The van der Waals surface area contributed by atoms with Gasteiger partial charge in [-0.1, -0.05) is 36.7 Å². The van der Waals surface area contributed by atoms with Crippen LogP contribution in [0.4, 0.5) is 11.4 Å². The molecule has 0 aliphatic carbocycles. The summed E-state index contributed by atoms with van der Waals surface area (Å²) in [7, 11) is -2.31. The van der Waals surface area contributed by atoms with Crippen molar-refractivity contribution in [2.75, 3.05) is 17.1 Å². The lowest BCUT2D eigenvalue weighted by Crippen LogP contribution is -2.15. The van der Waals surface area contributed by atoms with E-state index in [9.17, 15) is 13.2 Å². The van der Waals surface area contributed by atoms with Gasteiger partial charge in [-0.15, -0.1) is 0 Å². The fourth-order valence-electron chi connectivity index (χ4n) is 2.87. The van der Waals surface area contributed by atoms with Crippen molar-refractivity contribution in [3.05, 3.63) is 82.9 Å². The van der Waals surface area contributed by atoms with Crippen LogP contribution in [0.15, 0.2) is 71.6 Å². The van der Waals surface area contributed by atoms with Gasteiger partial charge >= 0.3 is 0 Å². The first-order valence-electron chi connectivity index (χ1n) is 9.19. The number of ether oxygens (including phenoxy) is 1. The molecule has 3 aromatic rings. The van der Waals surface area contributed by atoms with E-state index in [0.717, 1.165) is 12.0 Å². The molecule has 0 spiro atoms. The van der Waals surface area contributed by atoms with Crippen molar-refractivity contribution in [1.29, 1.82) is 0 Å². The second-order valence-electron chi connectivity index (χ2n) is 6.44. The Morgan fingerprint density at radius 3 is 2.37 bits per heavy atom. The van der Waals surface area contributed by atoms with Crippen molar-refractivity contribution in [3.8, 4) is 5.75 Å². The number of benzene rings is 3. The number of carbonyl (C=O) groups is 1. The molecule has 0 heterocycles. The van der Waals surface area contributed by atoms with E-state index < -0.39 is 10.0 Å². The van der Waals surface area contributed by atoms with Crippen molar-refractivity contribution in [1.82, 2.24) is 0 Å². The summed E-state index contributed by atoms with van der Waals surface area (Å²) < 4.78 is 32.6. The van der Waals surface area contributed by atoms with Crippen LogP contribution in [-0.4, -0.2) is 21.4 Å². The summed E-state index contributed by atoms with van der Waals surface area (Å²) in [6.07, 6.45) is 0.774. The Kier molecular flexibility index (Phi) is 6.64. The number of hydrogen-bond donors (Lipinski definition) is 2. The van der Waals surface area contributed by atoms with Crippen LogP contribution in [0, 0.1) is 0 Å². The number of hydrogen-bond acceptors (Lipinski definition) is 4. The van der Waals surface area contributed by atoms with Crippen LogP contribution < -0.4 is 14.8 Å². The zero-order chi connectivity index (χ0) is 21.7. The summed E-state index contributed by atoms with van der Waals surface area (Å²) in [5.41, 5.74) is 2.22. The third kappa shape index (κ3) is 4.93. The number of nitrogens with one attached hydrogen (secondary N) is 2. The molecule has 0 radical (unpaired) electrons. The highest BCUT2D eigenvalue weighted by atomic mass is 35.5. The Hall–Kier alpha value is -3.03. The lowest BCUT2D eigenvalue weighted by molar-refractivity contribution is 0.102. The standard InChI is InChI=1S/C22H21ClN2O4S/c1-3-15-6-4-5-7-21(15)24-22(26)19-13-8-16(14-20(19)23)25-30(27,28)18-11-9-17(29-2)10-12-18/h4-14,25H,3H2,1-2H3,(H,24,26). The van der Waals surface area contributed by atoms with Gasteiger partial charge < -0.3 is 10.1 Å². The SMILES string of the molecule is CCc1ccccc1NC(=O)c1ccc(NS(=O)(=O)c2ccc(OC)cc2)cc1Cl. The van der Waals surface area contributed by atoms with Crippen LogP contribution in [0.5, 0.6) is 5.75 Å². The maximum atomic E-state index is 12.6. The molecule has 3 aromatic carbocycles. The fraction of sp³-hybridized carbons (Fsp3) is 0.136. The Morgan fingerprint density at radius 1 is 1.03 bits per heavy atom. The summed E-state index contributed by atoms with van der Waals surface area (Å²) in [4.78, 5) is 12.7. The predicted molar refractivity (Wildman–Crippen MR) is 119 cm³/mol. The molecule has 156 valence electrons. The van der Waals surface area contributed by atoms with E-state index in [4.69, 9.17) is 16.3 Å². The van der Waals surface area contributed by atoms with Crippen LogP contribution in [0.2, 0.25) is 5.02 Å². The Balaban J connectivity index is 1.78. The topological polar surface area (TPSA) is 84.5 Å². The van der Waals surface area contributed by atoms with Crippen molar-refractivity contribution in [2.45, 2.75) is 18.2 Å². The smallest absolute Gasteiger partial charge is 0.261 e. The van der Waals surface area contributed by atoms with Gasteiger partial charge in [0.25, 0.3) is 15.9 Å². The summed E-state index contributed by atoms with van der Waals surface area (Å²) in [5, 5.41) is 2.98. The fourth-order valence-corrected chi connectivity index (χ4v) is 4.19. The molecule has 0 aromatic heterocycles. The van der Waals surface area contributed by atoms with E-state index >= 15 is 0 Å². The predicted octanol–water partition coefficient (Wildman–Crippen LogP) is 4.96. The highest BCUT2D eigenvalue weighted by Crippen LogP contribution is 2.25. The monoisotopic (exact) mass is 444 g/mol. The van der Waals surface area contributed by atoms with Gasteiger partial charge in [0.15, 0.2) is 0 Å². The molecule has 1 amide bonds. The molecular weight excluding hydrogens is 424 g/mol. The first kappa shape index (κ1) is 21.7. The van der Waals surface area contributed by atoms with E-state index in [1.54, 1.807) is 12.1 Å².